The maximum absolute atomic E-state index is 14.3. The minimum atomic E-state index is -1.44. The molecule has 14 heteroatoms. The number of benzene rings is 1. The predicted molar refractivity (Wildman–Crippen MR) is 178 cm³/mol. The molecule has 3 aromatic rings. The summed E-state index contributed by atoms with van der Waals surface area (Å²) in [4.78, 5) is 60.6. The first kappa shape index (κ1) is 33.7. The smallest absolute Gasteiger partial charge is 0.408 e. The largest absolute Gasteiger partial charge is 0.479 e. The van der Waals surface area contributed by atoms with Crippen molar-refractivity contribution in [3.63, 3.8) is 0 Å². The van der Waals surface area contributed by atoms with Gasteiger partial charge in [0, 0.05) is 42.4 Å². The second-order valence-corrected chi connectivity index (χ2v) is 14.0. The van der Waals surface area contributed by atoms with Gasteiger partial charge in [0.2, 0.25) is 17.6 Å². The molecule has 1 aliphatic carbocycles. The molecule has 1 aromatic carbocycles. The Morgan fingerprint density at radius 1 is 1.06 bits per heavy atom. The molecule has 6 rings (SSSR count). The summed E-state index contributed by atoms with van der Waals surface area (Å²) in [5, 5.41) is 28.8. The number of carboxylic acid groups (broad SMARTS) is 1. The second-order valence-electron chi connectivity index (χ2n) is 14.0. The van der Waals surface area contributed by atoms with Crippen LogP contribution in [0.5, 0.6) is 0 Å². The van der Waals surface area contributed by atoms with E-state index < -0.39 is 53.1 Å². The number of fused-ring (bicyclic) bond motifs is 2. The number of hydrogen-bond acceptors (Lipinski definition) is 9. The summed E-state index contributed by atoms with van der Waals surface area (Å²) in [7, 11) is 0. The van der Waals surface area contributed by atoms with Gasteiger partial charge in [-0.2, -0.15) is 4.80 Å². The van der Waals surface area contributed by atoms with Gasteiger partial charge in [0.1, 0.15) is 23.2 Å². The SMILES string of the molecule is CC(C)(C)OC(=O)N[C@H]1CCCCC/C=C\[C@@H]2C[C@@]2(C(=O)O)NC(=O)[C@@H]2C[C@@H](n3nnc(-c4cncc(-c5ccccc5)c4)n3)CN2C1=O. The molecule has 0 radical (unpaired) electrons. The first-order chi connectivity index (χ1) is 23.4. The summed E-state index contributed by atoms with van der Waals surface area (Å²) in [5.74, 6) is -2.18. The quantitative estimate of drug-likeness (QED) is 0.337. The number of pyridine rings is 1. The van der Waals surface area contributed by atoms with Gasteiger partial charge in [-0.1, -0.05) is 55.3 Å². The van der Waals surface area contributed by atoms with Crippen LogP contribution in [0.4, 0.5) is 4.79 Å². The molecule has 3 aliphatic rings. The molecule has 1 saturated heterocycles. The number of aliphatic carboxylic acids is 1. The standard InChI is InChI=1S/C35H42N8O6/c1-34(2,3)49-33(48)37-27-15-11-6-4-5-10-14-25-18-35(25,32(46)47)38-30(44)28-17-26(21-42(28)31(27)45)43-40-29(39-41-43)24-16-23(19-36-20-24)22-12-8-7-9-13-22/h7-10,12-14,16,19-20,25-28H,4-6,11,15,17-18,21H2,1-3H3,(H,37,48)(H,38,44)(H,46,47)/b14-10-/t25-,26-,27+,28+,35-/m1/s1. The average molecular weight is 671 g/mol. The molecule has 0 unspecified atom stereocenters. The number of aromatic nitrogens is 5. The number of carbonyl (C=O) groups excluding carboxylic acids is 3. The lowest BCUT2D eigenvalue weighted by Crippen LogP contribution is -2.56. The highest BCUT2D eigenvalue weighted by molar-refractivity contribution is 5.96. The van der Waals surface area contributed by atoms with E-state index in [1.807, 2.05) is 48.6 Å². The molecule has 2 aliphatic heterocycles. The number of allylic oxidation sites excluding steroid dienone is 1. The number of tetrazole rings is 1. The van der Waals surface area contributed by atoms with Crippen LogP contribution >= 0.6 is 0 Å². The van der Waals surface area contributed by atoms with Crippen LogP contribution in [0.25, 0.3) is 22.5 Å². The van der Waals surface area contributed by atoms with Gasteiger partial charge in [0.25, 0.3) is 0 Å². The molecule has 49 heavy (non-hydrogen) atoms. The average Bonchev–Trinajstić information content (AvgIpc) is 3.38. The number of ether oxygens (including phenoxy) is 1. The third-order valence-electron chi connectivity index (χ3n) is 9.19. The van der Waals surface area contributed by atoms with Crippen LogP contribution in [-0.2, 0) is 19.1 Å². The van der Waals surface area contributed by atoms with Crippen molar-refractivity contribution >= 4 is 23.9 Å². The van der Waals surface area contributed by atoms with E-state index in [2.05, 4.69) is 31.0 Å². The maximum Gasteiger partial charge on any atom is 0.408 e. The number of carbonyl (C=O) groups is 4. The van der Waals surface area contributed by atoms with Crippen molar-refractivity contribution in [2.75, 3.05) is 6.54 Å². The summed E-state index contributed by atoms with van der Waals surface area (Å²) in [6.45, 7) is 5.26. The molecule has 3 N–H and O–H groups in total. The molecular weight excluding hydrogens is 628 g/mol. The Labute approximate surface area is 284 Å². The van der Waals surface area contributed by atoms with Crippen molar-refractivity contribution in [1.29, 1.82) is 0 Å². The lowest BCUT2D eigenvalue weighted by Gasteiger charge is -2.30. The fourth-order valence-corrected chi connectivity index (χ4v) is 6.54. The van der Waals surface area contributed by atoms with Gasteiger partial charge >= 0.3 is 12.1 Å². The van der Waals surface area contributed by atoms with E-state index in [-0.39, 0.29) is 25.3 Å². The number of nitrogens with one attached hydrogen (secondary N) is 2. The number of alkyl carbamates (subject to hydrolysis) is 1. The molecule has 14 nitrogen and oxygen atoms in total. The van der Waals surface area contributed by atoms with Crippen LogP contribution in [0.3, 0.4) is 0 Å². The minimum absolute atomic E-state index is 0.0466. The fourth-order valence-electron chi connectivity index (χ4n) is 6.54. The fraction of sp³-hybridized carbons (Fsp3) is 0.486. The van der Waals surface area contributed by atoms with E-state index in [0.29, 0.717) is 24.2 Å². The Morgan fingerprint density at radius 2 is 1.84 bits per heavy atom. The van der Waals surface area contributed by atoms with Gasteiger partial charge in [0.05, 0.1) is 6.04 Å². The Balaban J connectivity index is 1.29. The van der Waals surface area contributed by atoms with E-state index in [4.69, 9.17) is 4.74 Å². The van der Waals surface area contributed by atoms with E-state index in [9.17, 15) is 24.3 Å². The van der Waals surface area contributed by atoms with Crippen LogP contribution in [0.2, 0.25) is 0 Å². The monoisotopic (exact) mass is 670 g/mol. The van der Waals surface area contributed by atoms with E-state index >= 15 is 0 Å². The molecule has 258 valence electrons. The number of amides is 3. The van der Waals surface area contributed by atoms with Crippen LogP contribution in [0.1, 0.15) is 71.8 Å². The highest BCUT2D eigenvalue weighted by Gasteiger charge is 2.61. The van der Waals surface area contributed by atoms with Crippen molar-refractivity contribution in [3.05, 3.63) is 60.9 Å². The first-order valence-corrected chi connectivity index (χ1v) is 16.8. The summed E-state index contributed by atoms with van der Waals surface area (Å²) in [5.41, 5.74) is 0.291. The van der Waals surface area contributed by atoms with E-state index in [1.165, 1.54) is 9.70 Å². The zero-order valence-electron chi connectivity index (χ0n) is 27.9. The van der Waals surface area contributed by atoms with Gasteiger partial charge in [0.15, 0.2) is 0 Å². The van der Waals surface area contributed by atoms with Crippen LogP contribution in [0.15, 0.2) is 60.9 Å². The third kappa shape index (κ3) is 7.63. The van der Waals surface area contributed by atoms with Gasteiger partial charge in [-0.05, 0) is 63.3 Å². The topological polar surface area (TPSA) is 182 Å². The number of rotatable bonds is 5. The molecule has 0 spiro atoms. The first-order valence-electron chi connectivity index (χ1n) is 16.8. The van der Waals surface area contributed by atoms with Crippen molar-refractivity contribution in [3.8, 4) is 22.5 Å². The molecule has 5 atom stereocenters. The number of nitrogens with zero attached hydrogens (tertiary/aromatic N) is 6. The van der Waals surface area contributed by atoms with Crippen molar-refractivity contribution < 1.29 is 29.0 Å². The molecular formula is C35H42N8O6. The zero-order valence-corrected chi connectivity index (χ0v) is 27.9. The van der Waals surface area contributed by atoms with Gasteiger partial charge in [-0.25, -0.2) is 9.59 Å². The lowest BCUT2D eigenvalue weighted by molar-refractivity contribution is -0.145. The molecule has 2 fully saturated rings. The minimum Gasteiger partial charge on any atom is -0.479 e. The lowest BCUT2D eigenvalue weighted by atomic mass is 10.0. The van der Waals surface area contributed by atoms with Crippen LogP contribution < -0.4 is 10.6 Å². The second kappa shape index (κ2) is 13.8. The van der Waals surface area contributed by atoms with Gasteiger partial charge < -0.3 is 25.4 Å². The predicted octanol–water partition coefficient (Wildman–Crippen LogP) is 3.92. The Hall–Kier alpha value is -5.14. The number of carboxylic acids is 1. The highest BCUT2D eigenvalue weighted by Crippen LogP contribution is 2.45. The summed E-state index contributed by atoms with van der Waals surface area (Å²) >= 11 is 0. The van der Waals surface area contributed by atoms with Crippen molar-refractivity contribution in [2.24, 2.45) is 5.92 Å². The Morgan fingerprint density at radius 3 is 2.59 bits per heavy atom. The molecule has 3 amide bonds. The van der Waals surface area contributed by atoms with Gasteiger partial charge in [-0.3, -0.25) is 14.6 Å². The summed E-state index contributed by atoms with van der Waals surface area (Å²) in [6.07, 6.45) is 10.2. The Kier molecular flexibility index (Phi) is 9.48. The van der Waals surface area contributed by atoms with E-state index in [1.54, 1.807) is 33.2 Å². The zero-order chi connectivity index (χ0) is 34.8. The normalized spacial score (nSPS) is 26.7. The van der Waals surface area contributed by atoms with Gasteiger partial charge in [-0.15, -0.1) is 10.2 Å². The maximum atomic E-state index is 14.3. The molecule has 2 aromatic heterocycles. The van der Waals surface area contributed by atoms with E-state index in [0.717, 1.165) is 30.4 Å². The number of hydrogen-bond donors (Lipinski definition) is 3. The summed E-state index contributed by atoms with van der Waals surface area (Å²) in [6, 6.07) is 9.14. The van der Waals surface area contributed by atoms with Crippen LogP contribution in [0, 0.1) is 5.92 Å². The third-order valence-corrected chi connectivity index (χ3v) is 9.19. The van der Waals surface area contributed by atoms with Crippen molar-refractivity contribution in [2.45, 2.75) is 95.0 Å². The highest BCUT2D eigenvalue weighted by atomic mass is 16.6. The van der Waals surface area contributed by atoms with Crippen LogP contribution in [-0.4, -0.2) is 88.8 Å². The summed E-state index contributed by atoms with van der Waals surface area (Å²) < 4.78 is 5.47. The molecule has 1 saturated carbocycles. The van der Waals surface area contributed by atoms with Crippen molar-refractivity contribution in [1.82, 2.24) is 40.7 Å². The Bertz CT molecular complexity index is 1740. The molecule has 0 bridgehead atoms. The molecule has 4 heterocycles.